The average molecular weight is 506 g/mol. The van der Waals surface area contributed by atoms with Crippen LogP contribution in [0.2, 0.25) is 5.02 Å². The number of carbonyl (C=O) groups is 1. The average Bonchev–Trinajstić information content (AvgIpc) is 3.15. The van der Waals surface area contributed by atoms with E-state index in [2.05, 4.69) is 5.32 Å². The van der Waals surface area contributed by atoms with Gasteiger partial charge < -0.3 is 20.3 Å². The number of fused-ring (bicyclic) bond motifs is 3. The second kappa shape index (κ2) is 10.3. The number of rotatable bonds is 7. The fourth-order valence-corrected chi connectivity index (χ4v) is 4.59. The molecule has 3 aromatic rings. The van der Waals surface area contributed by atoms with Gasteiger partial charge in [-0.05, 0) is 46.4 Å². The van der Waals surface area contributed by atoms with E-state index < -0.39 is 35.1 Å². The van der Waals surface area contributed by atoms with E-state index in [1.54, 1.807) is 0 Å². The molecule has 0 bridgehead atoms. The van der Waals surface area contributed by atoms with E-state index in [4.69, 9.17) is 16.3 Å². The van der Waals surface area contributed by atoms with Crippen LogP contribution in [0, 0.1) is 0 Å². The van der Waals surface area contributed by atoms with Crippen molar-refractivity contribution >= 4 is 17.7 Å². The summed E-state index contributed by atoms with van der Waals surface area (Å²) in [5.74, 6) is -0.0926. The van der Waals surface area contributed by atoms with Crippen molar-refractivity contribution in [2.75, 3.05) is 13.2 Å². The number of hydrogen-bond acceptors (Lipinski definition) is 4. The topological polar surface area (TPSA) is 78.8 Å². The van der Waals surface area contributed by atoms with Gasteiger partial charge in [0.05, 0.1) is 16.7 Å². The number of alkyl halides is 3. The third kappa shape index (κ3) is 5.45. The summed E-state index contributed by atoms with van der Waals surface area (Å²) in [5, 5.41) is 22.4. The van der Waals surface area contributed by atoms with Gasteiger partial charge in [-0.2, -0.15) is 13.2 Å². The van der Waals surface area contributed by atoms with E-state index >= 15 is 0 Å². The van der Waals surface area contributed by atoms with Crippen LogP contribution in [0.1, 0.15) is 40.7 Å². The van der Waals surface area contributed by atoms with Crippen molar-refractivity contribution in [3.63, 3.8) is 0 Å². The molecule has 1 aliphatic rings. The van der Waals surface area contributed by atoms with Crippen molar-refractivity contribution in [1.82, 2.24) is 5.32 Å². The summed E-state index contributed by atoms with van der Waals surface area (Å²) < 4.78 is 43.9. The molecular weight excluding hydrogens is 483 g/mol. The Morgan fingerprint density at radius 3 is 2.17 bits per heavy atom. The van der Waals surface area contributed by atoms with Crippen LogP contribution in [0.25, 0.3) is 11.1 Å². The molecule has 3 N–H and O–H groups in total. The standard InChI is InChI=1S/C26H23ClF3NO4/c27-22-13-15(9-10-21(22)26(28,29)30)24(33)23(32)11-12-31-25(34)35-14-20-18-7-3-1-5-16(18)17-6-2-4-8-19(17)20/h1-10,13,20,23-24,32-33H,11-12,14H2,(H,31,34). The zero-order valence-electron chi connectivity index (χ0n) is 18.4. The minimum absolute atomic E-state index is 0.0106. The van der Waals surface area contributed by atoms with Gasteiger partial charge in [0, 0.05) is 12.5 Å². The van der Waals surface area contributed by atoms with Gasteiger partial charge in [-0.1, -0.05) is 66.2 Å². The zero-order valence-corrected chi connectivity index (χ0v) is 19.2. The largest absolute Gasteiger partial charge is 0.449 e. The molecule has 3 aromatic carbocycles. The normalized spacial score (nSPS) is 14.7. The molecule has 0 fully saturated rings. The Balaban J connectivity index is 1.28. The van der Waals surface area contributed by atoms with Gasteiger partial charge in [-0.25, -0.2) is 4.79 Å². The molecule has 5 nitrogen and oxygen atoms in total. The number of alkyl carbamates (subject to hydrolysis) is 1. The maximum absolute atomic E-state index is 12.8. The summed E-state index contributed by atoms with van der Waals surface area (Å²) in [6.45, 7) is 0.123. The first kappa shape index (κ1) is 25.0. The van der Waals surface area contributed by atoms with Crippen LogP contribution in [-0.4, -0.2) is 35.6 Å². The SMILES string of the molecule is O=C(NCCC(O)C(O)c1ccc(C(F)(F)F)c(Cl)c1)OCC1c2ccccc2-c2ccccc21. The molecule has 1 amide bonds. The van der Waals surface area contributed by atoms with Crippen molar-refractivity contribution in [3.05, 3.63) is 94.0 Å². The Kier molecular flexibility index (Phi) is 7.35. The Morgan fingerprint density at radius 2 is 1.60 bits per heavy atom. The van der Waals surface area contributed by atoms with Crippen LogP contribution in [-0.2, 0) is 10.9 Å². The van der Waals surface area contributed by atoms with E-state index in [9.17, 15) is 28.2 Å². The molecule has 2 atom stereocenters. The molecule has 0 radical (unpaired) electrons. The summed E-state index contributed by atoms with van der Waals surface area (Å²) in [6, 6.07) is 18.7. The summed E-state index contributed by atoms with van der Waals surface area (Å²) in [4.78, 5) is 12.2. The number of amides is 1. The molecule has 0 saturated carbocycles. The van der Waals surface area contributed by atoms with Crippen molar-refractivity contribution in [2.45, 2.75) is 30.7 Å². The highest BCUT2D eigenvalue weighted by molar-refractivity contribution is 6.31. The van der Waals surface area contributed by atoms with E-state index in [1.165, 1.54) is 0 Å². The predicted molar refractivity (Wildman–Crippen MR) is 125 cm³/mol. The van der Waals surface area contributed by atoms with E-state index in [0.29, 0.717) is 0 Å². The Hall–Kier alpha value is -3.07. The lowest BCUT2D eigenvalue weighted by molar-refractivity contribution is -0.137. The molecule has 4 rings (SSSR count). The smallest absolute Gasteiger partial charge is 0.417 e. The van der Waals surface area contributed by atoms with Gasteiger partial charge in [0.15, 0.2) is 0 Å². The van der Waals surface area contributed by atoms with Crippen LogP contribution in [0.3, 0.4) is 0 Å². The van der Waals surface area contributed by atoms with Crippen LogP contribution >= 0.6 is 11.6 Å². The highest BCUT2D eigenvalue weighted by atomic mass is 35.5. The molecule has 9 heteroatoms. The first-order valence-corrected chi connectivity index (χ1v) is 11.4. The number of ether oxygens (including phenoxy) is 1. The Labute approximate surface area is 205 Å². The summed E-state index contributed by atoms with van der Waals surface area (Å²) in [6.07, 6.45) is -8.15. The Bertz CT molecular complexity index is 1170. The van der Waals surface area contributed by atoms with Gasteiger partial charge in [0.1, 0.15) is 12.7 Å². The molecule has 0 saturated heterocycles. The van der Waals surface area contributed by atoms with Crippen molar-refractivity contribution in [3.8, 4) is 11.1 Å². The van der Waals surface area contributed by atoms with E-state index in [0.717, 1.165) is 40.5 Å². The first-order valence-electron chi connectivity index (χ1n) is 11.0. The number of hydrogen-bond donors (Lipinski definition) is 3. The van der Waals surface area contributed by atoms with Gasteiger partial charge in [0.2, 0.25) is 0 Å². The second-order valence-electron chi connectivity index (χ2n) is 8.29. The molecule has 0 aliphatic heterocycles. The molecular formula is C26H23ClF3NO4. The lowest BCUT2D eigenvalue weighted by atomic mass is 9.98. The maximum atomic E-state index is 12.8. The zero-order chi connectivity index (χ0) is 25.2. The number of carbonyl (C=O) groups excluding carboxylic acids is 1. The lowest BCUT2D eigenvalue weighted by Gasteiger charge is -2.20. The predicted octanol–water partition coefficient (Wildman–Crippen LogP) is 5.68. The summed E-state index contributed by atoms with van der Waals surface area (Å²) in [7, 11) is 0. The molecule has 0 heterocycles. The minimum Gasteiger partial charge on any atom is -0.449 e. The van der Waals surface area contributed by atoms with Crippen LogP contribution in [0.5, 0.6) is 0 Å². The summed E-state index contributed by atoms with van der Waals surface area (Å²) >= 11 is 5.67. The number of benzene rings is 3. The summed E-state index contributed by atoms with van der Waals surface area (Å²) in [5.41, 5.74) is 3.39. The number of aliphatic hydroxyl groups excluding tert-OH is 2. The maximum Gasteiger partial charge on any atom is 0.417 e. The molecule has 1 aliphatic carbocycles. The highest BCUT2D eigenvalue weighted by Gasteiger charge is 2.34. The van der Waals surface area contributed by atoms with Gasteiger partial charge in [-0.15, -0.1) is 0 Å². The molecule has 0 spiro atoms. The fraction of sp³-hybridized carbons (Fsp3) is 0.269. The van der Waals surface area contributed by atoms with Crippen molar-refractivity contribution in [2.24, 2.45) is 0 Å². The molecule has 2 unspecified atom stereocenters. The monoisotopic (exact) mass is 505 g/mol. The molecule has 184 valence electrons. The quantitative estimate of drug-likeness (QED) is 0.386. The van der Waals surface area contributed by atoms with E-state index in [-0.39, 0.29) is 31.1 Å². The molecule has 0 aromatic heterocycles. The number of aliphatic hydroxyl groups is 2. The van der Waals surface area contributed by atoms with Gasteiger partial charge in [-0.3, -0.25) is 0 Å². The Morgan fingerprint density at radius 1 is 1.00 bits per heavy atom. The first-order chi connectivity index (χ1) is 16.7. The number of halogens is 4. The second-order valence-corrected chi connectivity index (χ2v) is 8.70. The van der Waals surface area contributed by atoms with Crippen LogP contribution < -0.4 is 5.32 Å². The van der Waals surface area contributed by atoms with Crippen molar-refractivity contribution < 1.29 is 32.9 Å². The molecule has 35 heavy (non-hydrogen) atoms. The third-order valence-corrected chi connectivity index (χ3v) is 6.37. The highest BCUT2D eigenvalue weighted by Crippen LogP contribution is 2.44. The lowest BCUT2D eigenvalue weighted by Crippen LogP contribution is -2.30. The van der Waals surface area contributed by atoms with Gasteiger partial charge >= 0.3 is 12.3 Å². The fourth-order valence-electron chi connectivity index (χ4n) is 4.30. The third-order valence-electron chi connectivity index (χ3n) is 6.06. The van der Waals surface area contributed by atoms with Gasteiger partial charge in [0.25, 0.3) is 0 Å². The minimum atomic E-state index is -4.62. The van der Waals surface area contributed by atoms with E-state index in [1.807, 2.05) is 48.5 Å². The number of nitrogens with one attached hydrogen (secondary N) is 1. The van der Waals surface area contributed by atoms with Crippen LogP contribution in [0.15, 0.2) is 66.7 Å². The van der Waals surface area contributed by atoms with Crippen molar-refractivity contribution in [1.29, 1.82) is 0 Å². The van der Waals surface area contributed by atoms with Crippen LogP contribution in [0.4, 0.5) is 18.0 Å².